The van der Waals surface area contributed by atoms with E-state index in [9.17, 15) is 8.42 Å². The third-order valence-corrected chi connectivity index (χ3v) is 7.58. The molecule has 33 heavy (non-hydrogen) atoms. The van der Waals surface area contributed by atoms with Crippen LogP contribution in [0.3, 0.4) is 0 Å². The van der Waals surface area contributed by atoms with Gasteiger partial charge in [-0.15, -0.1) is 0 Å². The summed E-state index contributed by atoms with van der Waals surface area (Å²) in [6.07, 6.45) is 5.78. The molecule has 2 fully saturated rings. The first-order valence-corrected chi connectivity index (χ1v) is 12.8. The molecule has 0 atom stereocenters. The highest BCUT2D eigenvalue weighted by Gasteiger charge is 2.25. The molecule has 1 N–H and O–H groups in total. The molecule has 1 aliphatic carbocycles. The number of hydrogen-bond donors (Lipinski definition) is 1. The van der Waals surface area contributed by atoms with Gasteiger partial charge in [0.15, 0.2) is 9.84 Å². The minimum atomic E-state index is -2.88. The molecule has 8 nitrogen and oxygen atoms in total. The van der Waals surface area contributed by atoms with E-state index in [4.69, 9.17) is 10.2 Å². The summed E-state index contributed by atoms with van der Waals surface area (Å²) >= 11 is 0. The van der Waals surface area contributed by atoms with Gasteiger partial charge in [-0.25, -0.2) is 18.4 Å². The Hall–Kier alpha value is -3.35. The topological polar surface area (TPSA) is 112 Å². The normalized spacial score (nSPS) is 17.9. The second kappa shape index (κ2) is 8.89. The molecule has 9 heteroatoms. The van der Waals surface area contributed by atoms with Gasteiger partial charge in [-0.3, -0.25) is 9.88 Å². The van der Waals surface area contributed by atoms with E-state index in [1.165, 1.54) is 18.4 Å². The Bertz CT molecular complexity index is 1300. The van der Waals surface area contributed by atoms with Crippen molar-refractivity contribution < 1.29 is 8.42 Å². The van der Waals surface area contributed by atoms with Crippen molar-refractivity contribution in [3.05, 3.63) is 65.5 Å². The molecule has 4 heterocycles. The van der Waals surface area contributed by atoms with Gasteiger partial charge < -0.3 is 5.32 Å². The van der Waals surface area contributed by atoms with Gasteiger partial charge in [-0.05, 0) is 60.2 Å². The molecule has 168 valence electrons. The molecule has 2 aliphatic rings. The largest absolute Gasteiger partial charge is 0.325 e. The molecule has 1 saturated heterocycles. The van der Waals surface area contributed by atoms with Crippen molar-refractivity contribution >= 4 is 21.5 Å². The standard InChI is InChI=1S/C24H24N6O2S/c25-14-17-5-6-26-23(11-17)29-24-13-20(19-2-3-19)12-22(28-24)21-4-1-18(15-27-21)16-30-7-9-33(31,32)10-8-30/h1,4-6,11-13,15,19H,2-3,7-10,16H2,(H,26,28,29). The molecule has 0 radical (unpaired) electrons. The van der Waals surface area contributed by atoms with Crippen molar-refractivity contribution in [1.82, 2.24) is 19.9 Å². The number of pyridine rings is 3. The highest BCUT2D eigenvalue weighted by Crippen LogP contribution is 2.41. The lowest BCUT2D eigenvalue weighted by atomic mass is 10.1. The number of rotatable bonds is 6. The van der Waals surface area contributed by atoms with Crippen LogP contribution in [0, 0.1) is 11.3 Å². The van der Waals surface area contributed by atoms with E-state index in [1.54, 1.807) is 18.3 Å². The zero-order valence-electron chi connectivity index (χ0n) is 18.1. The van der Waals surface area contributed by atoms with Gasteiger partial charge in [0.2, 0.25) is 0 Å². The second-order valence-electron chi connectivity index (χ2n) is 8.59. The van der Waals surface area contributed by atoms with E-state index in [0.29, 0.717) is 42.8 Å². The maximum Gasteiger partial charge on any atom is 0.152 e. The van der Waals surface area contributed by atoms with Crippen molar-refractivity contribution in [3.8, 4) is 17.5 Å². The molecular weight excluding hydrogens is 436 g/mol. The Morgan fingerprint density at radius 2 is 1.85 bits per heavy atom. The van der Waals surface area contributed by atoms with Gasteiger partial charge in [0.1, 0.15) is 11.6 Å². The van der Waals surface area contributed by atoms with E-state index >= 15 is 0 Å². The lowest BCUT2D eigenvalue weighted by Crippen LogP contribution is -2.39. The predicted octanol–water partition coefficient (Wildman–Crippen LogP) is 3.26. The fraction of sp³-hybridized carbons (Fsp3) is 0.333. The summed E-state index contributed by atoms with van der Waals surface area (Å²) in [7, 11) is -2.88. The van der Waals surface area contributed by atoms with Crippen molar-refractivity contribution in [2.24, 2.45) is 0 Å². The first-order chi connectivity index (χ1) is 16.0. The van der Waals surface area contributed by atoms with E-state index in [0.717, 1.165) is 17.0 Å². The lowest BCUT2D eigenvalue weighted by Gasteiger charge is -2.26. The zero-order chi connectivity index (χ0) is 22.8. The molecular formula is C24H24N6O2S. The van der Waals surface area contributed by atoms with Crippen LogP contribution in [0.4, 0.5) is 11.6 Å². The maximum atomic E-state index is 11.6. The minimum absolute atomic E-state index is 0.221. The number of nitriles is 1. The number of hydrogen-bond acceptors (Lipinski definition) is 8. The maximum absolute atomic E-state index is 11.6. The summed E-state index contributed by atoms with van der Waals surface area (Å²) < 4.78 is 23.3. The van der Waals surface area contributed by atoms with Crippen molar-refractivity contribution in [2.75, 3.05) is 29.9 Å². The molecule has 0 spiro atoms. The average Bonchev–Trinajstić information content (AvgIpc) is 3.67. The molecule has 0 bridgehead atoms. The highest BCUT2D eigenvalue weighted by atomic mass is 32.2. The third-order valence-electron chi connectivity index (χ3n) is 5.97. The summed E-state index contributed by atoms with van der Waals surface area (Å²) in [6.45, 7) is 1.81. The number of anilines is 2. The number of nitrogens with zero attached hydrogens (tertiary/aromatic N) is 5. The zero-order valence-corrected chi connectivity index (χ0v) is 18.9. The average molecular weight is 461 g/mol. The summed E-state index contributed by atoms with van der Waals surface area (Å²) in [5.41, 5.74) is 4.37. The first-order valence-electron chi connectivity index (χ1n) is 11.0. The van der Waals surface area contributed by atoms with Crippen LogP contribution >= 0.6 is 0 Å². The quantitative estimate of drug-likeness (QED) is 0.597. The molecule has 3 aromatic heterocycles. The Morgan fingerprint density at radius 1 is 1.03 bits per heavy atom. The predicted molar refractivity (Wildman–Crippen MR) is 126 cm³/mol. The van der Waals surface area contributed by atoms with Gasteiger partial charge >= 0.3 is 0 Å². The van der Waals surface area contributed by atoms with E-state index in [1.807, 2.05) is 24.4 Å². The minimum Gasteiger partial charge on any atom is -0.325 e. The van der Waals surface area contributed by atoms with Crippen molar-refractivity contribution in [1.29, 1.82) is 5.26 Å². The van der Waals surface area contributed by atoms with Crippen LogP contribution in [0.2, 0.25) is 0 Å². The number of sulfone groups is 1. The summed E-state index contributed by atoms with van der Waals surface area (Å²) in [5, 5.41) is 12.4. The van der Waals surface area contributed by atoms with Crippen LogP contribution in [0.5, 0.6) is 0 Å². The van der Waals surface area contributed by atoms with Gasteiger partial charge in [-0.1, -0.05) is 6.07 Å². The highest BCUT2D eigenvalue weighted by molar-refractivity contribution is 7.91. The summed E-state index contributed by atoms with van der Waals surface area (Å²) in [5.74, 6) is 2.24. The SMILES string of the molecule is N#Cc1ccnc(Nc2cc(C3CC3)cc(-c3ccc(CN4CCS(=O)(=O)CC4)cn3)n2)c1. The van der Waals surface area contributed by atoms with Crippen LogP contribution < -0.4 is 5.32 Å². The molecule has 0 unspecified atom stereocenters. The Kier molecular flexibility index (Phi) is 5.79. The van der Waals surface area contributed by atoms with Gasteiger partial charge in [0.25, 0.3) is 0 Å². The van der Waals surface area contributed by atoms with Gasteiger partial charge in [0.05, 0.1) is 34.5 Å². The van der Waals surface area contributed by atoms with Crippen LogP contribution in [-0.2, 0) is 16.4 Å². The molecule has 1 aliphatic heterocycles. The Labute approximate surface area is 193 Å². The van der Waals surface area contributed by atoms with Crippen LogP contribution in [0.1, 0.15) is 35.4 Å². The van der Waals surface area contributed by atoms with Crippen molar-refractivity contribution in [3.63, 3.8) is 0 Å². The Balaban J connectivity index is 1.35. The van der Waals surface area contributed by atoms with Crippen molar-refractivity contribution in [2.45, 2.75) is 25.3 Å². The smallest absolute Gasteiger partial charge is 0.152 e. The van der Waals surface area contributed by atoms with E-state index < -0.39 is 9.84 Å². The van der Waals surface area contributed by atoms with Crippen LogP contribution in [0.25, 0.3) is 11.4 Å². The van der Waals surface area contributed by atoms with Crippen LogP contribution in [-0.4, -0.2) is 52.9 Å². The monoisotopic (exact) mass is 460 g/mol. The van der Waals surface area contributed by atoms with Gasteiger partial charge in [0, 0.05) is 32.0 Å². The number of nitrogens with one attached hydrogen (secondary N) is 1. The fourth-order valence-corrected chi connectivity index (χ4v) is 5.21. The molecule has 5 rings (SSSR count). The fourth-order valence-electron chi connectivity index (χ4n) is 3.94. The second-order valence-corrected chi connectivity index (χ2v) is 10.9. The summed E-state index contributed by atoms with van der Waals surface area (Å²) in [6, 6.07) is 13.6. The Morgan fingerprint density at radius 3 is 2.55 bits per heavy atom. The summed E-state index contributed by atoms with van der Waals surface area (Å²) in [4.78, 5) is 15.8. The third kappa shape index (κ3) is 5.35. The lowest BCUT2D eigenvalue weighted by molar-refractivity contribution is 0.287. The molecule has 0 aromatic carbocycles. The molecule has 3 aromatic rings. The molecule has 0 amide bonds. The van der Waals surface area contributed by atoms with E-state index in [2.05, 4.69) is 32.3 Å². The van der Waals surface area contributed by atoms with E-state index in [-0.39, 0.29) is 11.5 Å². The van der Waals surface area contributed by atoms with Crippen LogP contribution in [0.15, 0.2) is 48.8 Å². The molecule has 1 saturated carbocycles. The first kappa shape index (κ1) is 21.5. The number of aromatic nitrogens is 3. The van der Waals surface area contributed by atoms with Gasteiger partial charge in [-0.2, -0.15) is 5.26 Å².